The maximum atomic E-state index is 11.3. The number of thiol groups is 1. The molecular formula is C8H18O4SSi. The summed E-state index contributed by atoms with van der Waals surface area (Å²) in [6.07, 6.45) is 1.53. The van der Waals surface area contributed by atoms with Crippen LogP contribution in [0.4, 0.5) is 0 Å². The van der Waals surface area contributed by atoms with E-state index in [1.165, 1.54) is 21.3 Å². The minimum Gasteiger partial charge on any atom is -0.376 e. The lowest BCUT2D eigenvalue weighted by Gasteiger charge is -2.30. The van der Waals surface area contributed by atoms with Crippen LogP contribution in [-0.4, -0.2) is 35.2 Å². The van der Waals surface area contributed by atoms with Crippen LogP contribution in [0, 0.1) is 0 Å². The molecule has 0 aromatic carbocycles. The number of hydrogen-bond donors (Lipinski definition) is 1. The first-order valence-electron chi connectivity index (χ1n) is 4.46. The quantitative estimate of drug-likeness (QED) is 0.539. The lowest BCUT2D eigenvalue weighted by Crippen LogP contribution is -2.49. The second-order valence-corrected chi connectivity index (χ2v) is 6.46. The van der Waals surface area contributed by atoms with E-state index in [0.29, 0.717) is 6.42 Å². The maximum Gasteiger partial charge on any atom is 0.512 e. The average Bonchev–Trinajstić information content (AvgIpc) is 2.19. The van der Waals surface area contributed by atoms with Crippen molar-refractivity contribution in [3.63, 3.8) is 0 Å². The monoisotopic (exact) mass is 238 g/mol. The van der Waals surface area contributed by atoms with E-state index >= 15 is 0 Å². The molecule has 0 amide bonds. The molecule has 0 aliphatic heterocycles. The molecule has 6 heteroatoms. The summed E-state index contributed by atoms with van der Waals surface area (Å²) in [4.78, 5) is 11.3. The van der Waals surface area contributed by atoms with Crippen molar-refractivity contribution in [2.24, 2.45) is 0 Å². The van der Waals surface area contributed by atoms with Crippen molar-refractivity contribution in [1.82, 2.24) is 0 Å². The summed E-state index contributed by atoms with van der Waals surface area (Å²) >= 11 is 3.84. The number of hydrogen-bond acceptors (Lipinski definition) is 4. The Morgan fingerprint density at radius 2 is 1.71 bits per heavy atom. The highest BCUT2D eigenvalue weighted by molar-refractivity contribution is 7.97. The van der Waals surface area contributed by atoms with E-state index in [9.17, 15) is 4.79 Å². The Morgan fingerprint density at radius 3 is 1.93 bits per heavy atom. The molecule has 1 unspecified atom stereocenters. The van der Waals surface area contributed by atoms with Gasteiger partial charge >= 0.3 is 8.80 Å². The highest BCUT2D eigenvalue weighted by Crippen LogP contribution is 2.30. The molecule has 0 saturated heterocycles. The van der Waals surface area contributed by atoms with Crippen LogP contribution in [-0.2, 0) is 18.1 Å². The Kier molecular flexibility index (Phi) is 6.63. The molecule has 0 rings (SSSR count). The molecule has 0 N–H and O–H groups in total. The summed E-state index contributed by atoms with van der Waals surface area (Å²) in [7, 11) is 1.64. The zero-order valence-corrected chi connectivity index (χ0v) is 11.0. The molecule has 0 radical (unpaired) electrons. The van der Waals surface area contributed by atoms with Crippen molar-refractivity contribution in [1.29, 1.82) is 0 Å². The highest BCUT2D eigenvalue weighted by atomic mass is 32.1. The molecule has 0 heterocycles. The van der Waals surface area contributed by atoms with E-state index in [0.717, 1.165) is 6.42 Å². The molecule has 84 valence electrons. The number of rotatable bonds is 7. The van der Waals surface area contributed by atoms with Gasteiger partial charge in [0.05, 0.1) is 5.54 Å². The molecule has 0 saturated carbocycles. The number of carbonyl (C=O) groups excluding carboxylic acids is 1. The summed E-state index contributed by atoms with van der Waals surface area (Å²) in [6.45, 7) is 1.99. The van der Waals surface area contributed by atoms with E-state index in [2.05, 4.69) is 12.6 Å². The van der Waals surface area contributed by atoms with Gasteiger partial charge in [0.15, 0.2) is 5.12 Å². The second-order valence-electron chi connectivity index (χ2n) is 2.90. The topological polar surface area (TPSA) is 44.8 Å². The predicted octanol–water partition coefficient (Wildman–Crippen LogP) is 1.49. The van der Waals surface area contributed by atoms with Crippen LogP contribution in [0.15, 0.2) is 0 Å². The van der Waals surface area contributed by atoms with Crippen molar-refractivity contribution in [3.05, 3.63) is 0 Å². The van der Waals surface area contributed by atoms with Gasteiger partial charge in [0.2, 0.25) is 0 Å². The maximum absolute atomic E-state index is 11.3. The summed E-state index contributed by atoms with van der Waals surface area (Å²) in [5, 5.41) is -0.232. The molecule has 4 nitrogen and oxygen atoms in total. The Balaban J connectivity index is 4.79. The molecule has 14 heavy (non-hydrogen) atoms. The molecular weight excluding hydrogens is 220 g/mol. The van der Waals surface area contributed by atoms with Crippen molar-refractivity contribution >= 4 is 26.5 Å². The van der Waals surface area contributed by atoms with Crippen LogP contribution >= 0.6 is 12.6 Å². The standard InChI is InChI=1S/C8H18O4SSi/c1-5-6-7(8(9)13)14(10-2,11-3)12-4/h7H,5-6H2,1-4H3,(H,9,13). The average molecular weight is 238 g/mol. The fourth-order valence-corrected chi connectivity index (χ4v) is 4.32. The molecule has 1 atom stereocenters. The van der Waals surface area contributed by atoms with Gasteiger partial charge in [-0.3, -0.25) is 4.79 Å². The Bertz CT molecular complexity index is 176. The Morgan fingerprint density at radius 1 is 1.29 bits per heavy atom. The van der Waals surface area contributed by atoms with Gasteiger partial charge in [0, 0.05) is 21.3 Å². The third-order valence-corrected chi connectivity index (χ3v) is 5.82. The van der Waals surface area contributed by atoms with Crippen LogP contribution in [0.1, 0.15) is 19.8 Å². The van der Waals surface area contributed by atoms with Crippen LogP contribution in [0.5, 0.6) is 0 Å². The van der Waals surface area contributed by atoms with Gasteiger partial charge in [-0.25, -0.2) is 0 Å². The summed E-state index contributed by atoms with van der Waals surface area (Å²) in [5.41, 5.74) is -0.379. The molecule has 0 aromatic heterocycles. The molecule has 0 bridgehead atoms. The van der Waals surface area contributed by atoms with Crippen molar-refractivity contribution in [2.45, 2.75) is 25.3 Å². The summed E-state index contributed by atoms with van der Waals surface area (Å²) < 4.78 is 15.7. The lowest BCUT2D eigenvalue weighted by molar-refractivity contribution is -0.112. The smallest absolute Gasteiger partial charge is 0.376 e. The molecule has 0 spiro atoms. The molecule has 0 aliphatic rings. The van der Waals surface area contributed by atoms with Gasteiger partial charge in [-0.2, -0.15) is 0 Å². The van der Waals surface area contributed by atoms with Crippen molar-refractivity contribution in [2.75, 3.05) is 21.3 Å². The summed E-state index contributed by atoms with van der Waals surface area (Å²) in [5.74, 6) is 0. The van der Waals surface area contributed by atoms with Gasteiger partial charge in [0.25, 0.3) is 0 Å². The van der Waals surface area contributed by atoms with Crippen LogP contribution in [0.2, 0.25) is 5.54 Å². The van der Waals surface area contributed by atoms with Gasteiger partial charge < -0.3 is 13.3 Å². The van der Waals surface area contributed by atoms with Gasteiger partial charge in [-0.05, 0) is 6.42 Å². The Hall–Kier alpha value is 0.117. The van der Waals surface area contributed by atoms with Gasteiger partial charge in [0.1, 0.15) is 0 Å². The number of carbonyl (C=O) groups is 1. The Labute approximate surface area is 91.7 Å². The van der Waals surface area contributed by atoms with E-state index in [4.69, 9.17) is 13.3 Å². The van der Waals surface area contributed by atoms with Crippen molar-refractivity contribution < 1.29 is 18.1 Å². The normalized spacial score (nSPS) is 14.1. The minimum atomic E-state index is -2.86. The zero-order chi connectivity index (χ0) is 11.2. The fourth-order valence-electron chi connectivity index (χ4n) is 1.42. The van der Waals surface area contributed by atoms with Gasteiger partial charge in [-0.1, -0.05) is 13.3 Å². The third-order valence-electron chi connectivity index (χ3n) is 2.16. The first-order valence-corrected chi connectivity index (χ1v) is 6.71. The van der Waals surface area contributed by atoms with Crippen molar-refractivity contribution in [3.8, 4) is 0 Å². The second kappa shape index (κ2) is 6.57. The summed E-state index contributed by atoms with van der Waals surface area (Å²) in [6, 6.07) is 0. The molecule has 0 fully saturated rings. The van der Waals surface area contributed by atoms with Crippen LogP contribution in [0.25, 0.3) is 0 Å². The SMILES string of the molecule is CCCC(C(=O)S)[Si](OC)(OC)OC. The van der Waals surface area contributed by atoms with Crippen LogP contribution in [0.3, 0.4) is 0 Å². The molecule has 0 aliphatic carbocycles. The van der Waals surface area contributed by atoms with E-state index < -0.39 is 8.80 Å². The fraction of sp³-hybridized carbons (Fsp3) is 0.875. The van der Waals surface area contributed by atoms with Gasteiger partial charge in [-0.15, -0.1) is 12.6 Å². The predicted molar refractivity (Wildman–Crippen MR) is 59.4 cm³/mol. The first-order chi connectivity index (χ1) is 6.57. The largest absolute Gasteiger partial charge is 0.512 e. The van der Waals surface area contributed by atoms with E-state index in [-0.39, 0.29) is 10.7 Å². The van der Waals surface area contributed by atoms with E-state index in [1.54, 1.807) is 0 Å². The lowest BCUT2D eigenvalue weighted by atomic mass is 10.3. The van der Waals surface area contributed by atoms with Crippen LogP contribution < -0.4 is 0 Å². The van der Waals surface area contributed by atoms with E-state index in [1.807, 2.05) is 6.92 Å². The first kappa shape index (κ1) is 14.1. The highest BCUT2D eigenvalue weighted by Gasteiger charge is 2.49. The third kappa shape index (κ3) is 3.06. The minimum absolute atomic E-state index is 0.232. The molecule has 0 aromatic rings. The zero-order valence-electron chi connectivity index (χ0n) is 9.07.